The number of carbonyl (C=O) groups is 2. The number of anilines is 1. The molecule has 2 aromatic rings. The summed E-state index contributed by atoms with van der Waals surface area (Å²) in [7, 11) is 0. The number of amides is 1. The molecule has 34 heavy (non-hydrogen) atoms. The van der Waals surface area contributed by atoms with Crippen molar-refractivity contribution in [1.29, 1.82) is 0 Å². The minimum Gasteiger partial charge on any atom is -0.481 e. The number of carboxylic acids is 1. The van der Waals surface area contributed by atoms with Crippen molar-refractivity contribution in [2.45, 2.75) is 77.4 Å². The van der Waals surface area contributed by atoms with Crippen molar-refractivity contribution in [2.75, 3.05) is 18.4 Å². The first-order chi connectivity index (χ1) is 16.4. The van der Waals surface area contributed by atoms with Gasteiger partial charge in [-0.05, 0) is 63.6 Å². The van der Waals surface area contributed by atoms with Gasteiger partial charge in [-0.25, -0.2) is 15.0 Å². The Labute approximate surface area is 201 Å². The van der Waals surface area contributed by atoms with Gasteiger partial charge >= 0.3 is 5.97 Å². The summed E-state index contributed by atoms with van der Waals surface area (Å²) < 4.78 is 0. The van der Waals surface area contributed by atoms with E-state index in [-0.39, 0.29) is 24.4 Å². The molecule has 0 bridgehead atoms. The zero-order valence-corrected chi connectivity index (χ0v) is 20.2. The predicted molar refractivity (Wildman–Crippen MR) is 130 cm³/mol. The van der Waals surface area contributed by atoms with Gasteiger partial charge < -0.3 is 20.6 Å². The number of hydrogen-bond acceptors (Lipinski definition) is 7. The Morgan fingerprint density at radius 2 is 2.03 bits per heavy atom. The summed E-state index contributed by atoms with van der Waals surface area (Å²) in [4.78, 5) is 37.6. The summed E-state index contributed by atoms with van der Waals surface area (Å²) in [6, 6.07) is 6.03. The lowest BCUT2D eigenvalue weighted by Crippen LogP contribution is -2.39. The number of rotatable bonds is 9. The number of fused-ring (bicyclic) bond motifs is 1. The van der Waals surface area contributed by atoms with Crippen LogP contribution in [0.4, 0.5) is 5.82 Å². The maximum atomic E-state index is 12.7. The SMILES string of the molecule is CC1CC(NCc2ccc3c(n2)NCCC3)C(=O)N1CCCCCC(=O)O.Cc1ncccn1. The first kappa shape index (κ1) is 25.6. The van der Waals surface area contributed by atoms with Crippen molar-refractivity contribution in [2.24, 2.45) is 0 Å². The van der Waals surface area contributed by atoms with Gasteiger partial charge in [0.2, 0.25) is 5.91 Å². The molecule has 0 aromatic carbocycles. The van der Waals surface area contributed by atoms with E-state index in [4.69, 9.17) is 5.11 Å². The standard InChI is InChI=1S/C20H30N4O3.C5H6N2/c1-14-12-17(20(27)24(14)11-4-2-3-7-18(25)26)22-13-16-9-8-15-6-5-10-21-19(15)23-16;1-5-6-3-2-4-7-5/h8-9,14,17,22H,2-7,10-13H2,1H3,(H,21,23)(H,25,26);2-4H,1H3. The second-order valence-corrected chi connectivity index (χ2v) is 8.89. The van der Waals surface area contributed by atoms with Crippen LogP contribution in [0.5, 0.6) is 0 Å². The third-order valence-corrected chi connectivity index (χ3v) is 6.16. The average Bonchev–Trinajstić information content (AvgIpc) is 3.10. The smallest absolute Gasteiger partial charge is 0.303 e. The summed E-state index contributed by atoms with van der Waals surface area (Å²) in [5.74, 6) is 1.20. The maximum absolute atomic E-state index is 12.7. The zero-order valence-electron chi connectivity index (χ0n) is 20.2. The van der Waals surface area contributed by atoms with Gasteiger partial charge in [0.25, 0.3) is 0 Å². The number of pyridine rings is 1. The van der Waals surface area contributed by atoms with Crippen LogP contribution in [0.15, 0.2) is 30.6 Å². The molecule has 3 N–H and O–H groups in total. The van der Waals surface area contributed by atoms with E-state index in [1.165, 1.54) is 5.56 Å². The summed E-state index contributed by atoms with van der Waals surface area (Å²) in [5.41, 5.74) is 2.22. The molecule has 1 amide bonds. The van der Waals surface area contributed by atoms with E-state index >= 15 is 0 Å². The molecule has 2 aliphatic rings. The number of aryl methyl sites for hydroxylation is 2. The van der Waals surface area contributed by atoms with Gasteiger partial charge in [0.1, 0.15) is 11.6 Å². The summed E-state index contributed by atoms with van der Waals surface area (Å²) in [5, 5.41) is 15.4. The minimum atomic E-state index is -0.754. The maximum Gasteiger partial charge on any atom is 0.303 e. The summed E-state index contributed by atoms with van der Waals surface area (Å²) in [6.45, 7) is 6.21. The fraction of sp³-hybridized carbons (Fsp3) is 0.560. The number of likely N-dealkylation sites (tertiary alicyclic amines) is 1. The number of unbranched alkanes of at least 4 members (excludes halogenated alkanes) is 2. The lowest BCUT2D eigenvalue weighted by Gasteiger charge is -2.21. The van der Waals surface area contributed by atoms with Gasteiger partial charge in [0, 0.05) is 44.5 Å². The van der Waals surface area contributed by atoms with Crippen LogP contribution in [0.3, 0.4) is 0 Å². The molecular weight excluding hydrogens is 432 g/mol. The lowest BCUT2D eigenvalue weighted by atomic mass is 10.1. The second kappa shape index (κ2) is 13.0. The van der Waals surface area contributed by atoms with Crippen LogP contribution in [0.25, 0.3) is 0 Å². The predicted octanol–water partition coefficient (Wildman–Crippen LogP) is 2.95. The molecule has 2 unspecified atom stereocenters. The molecule has 2 atom stereocenters. The molecule has 0 saturated carbocycles. The van der Waals surface area contributed by atoms with Crippen LogP contribution in [-0.2, 0) is 22.6 Å². The number of nitrogens with zero attached hydrogens (tertiary/aromatic N) is 4. The molecule has 0 radical (unpaired) electrons. The highest BCUT2D eigenvalue weighted by molar-refractivity contribution is 5.84. The average molecular weight is 469 g/mol. The van der Waals surface area contributed by atoms with Gasteiger partial charge in [-0.1, -0.05) is 12.5 Å². The molecule has 1 fully saturated rings. The number of carbonyl (C=O) groups excluding carboxylic acids is 1. The Morgan fingerprint density at radius 3 is 2.74 bits per heavy atom. The normalized spacial score (nSPS) is 19.1. The van der Waals surface area contributed by atoms with Gasteiger partial charge in [-0.15, -0.1) is 0 Å². The number of nitrogens with one attached hydrogen (secondary N) is 2. The molecule has 2 aromatic heterocycles. The monoisotopic (exact) mass is 468 g/mol. The van der Waals surface area contributed by atoms with Crippen LogP contribution in [0.2, 0.25) is 0 Å². The first-order valence-corrected chi connectivity index (χ1v) is 12.2. The Bertz CT molecular complexity index is 940. The molecule has 1 saturated heterocycles. The van der Waals surface area contributed by atoms with Crippen molar-refractivity contribution in [3.8, 4) is 0 Å². The van der Waals surface area contributed by atoms with Crippen molar-refractivity contribution in [3.63, 3.8) is 0 Å². The van der Waals surface area contributed by atoms with Crippen molar-refractivity contribution < 1.29 is 14.7 Å². The second-order valence-electron chi connectivity index (χ2n) is 8.89. The number of aromatic nitrogens is 3. The van der Waals surface area contributed by atoms with E-state index in [2.05, 4.69) is 38.6 Å². The van der Waals surface area contributed by atoms with Crippen molar-refractivity contribution >= 4 is 17.7 Å². The Morgan fingerprint density at radius 1 is 1.24 bits per heavy atom. The molecule has 0 aliphatic carbocycles. The van der Waals surface area contributed by atoms with Crippen LogP contribution >= 0.6 is 0 Å². The highest BCUT2D eigenvalue weighted by atomic mass is 16.4. The van der Waals surface area contributed by atoms with Crippen LogP contribution in [-0.4, -0.2) is 62.0 Å². The van der Waals surface area contributed by atoms with E-state index in [0.29, 0.717) is 19.5 Å². The fourth-order valence-electron chi connectivity index (χ4n) is 4.29. The summed E-state index contributed by atoms with van der Waals surface area (Å²) in [6.07, 6.45) is 9.04. The summed E-state index contributed by atoms with van der Waals surface area (Å²) >= 11 is 0. The molecule has 4 rings (SSSR count). The highest BCUT2D eigenvalue weighted by Crippen LogP contribution is 2.22. The van der Waals surface area contributed by atoms with Crippen molar-refractivity contribution in [1.82, 2.24) is 25.2 Å². The molecule has 0 spiro atoms. The molecule has 9 heteroatoms. The third-order valence-electron chi connectivity index (χ3n) is 6.16. The van der Waals surface area contributed by atoms with E-state index in [1.807, 2.05) is 17.9 Å². The minimum absolute atomic E-state index is 0.150. The van der Waals surface area contributed by atoms with E-state index < -0.39 is 5.97 Å². The topological polar surface area (TPSA) is 120 Å². The molecule has 2 aliphatic heterocycles. The quantitative estimate of drug-likeness (QED) is 0.481. The number of hydrogen-bond donors (Lipinski definition) is 3. The van der Waals surface area contributed by atoms with Crippen LogP contribution < -0.4 is 10.6 Å². The van der Waals surface area contributed by atoms with Crippen LogP contribution in [0, 0.1) is 6.92 Å². The van der Waals surface area contributed by atoms with E-state index in [1.54, 1.807) is 18.5 Å². The molecule has 4 heterocycles. The van der Waals surface area contributed by atoms with E-state index in [9.17, 15) is 9.59 Å². The molecule has 184 valence electrons. The lowest BCUT2D eigenvalue weighted by molar-refractivity contribution is -0.137. The molecular formula is C25H36N6O3. The van der Waals surface area contributed by atoms with Gasteiger partial charge in [0.15, 0.2) is 0 Å². The van der Waals surface area contributed by atoms with E-state index in [0.717, 1.165) is 56.0 Å². The zero-order chi connectivity index (χ0) is 24.3. The Hall–Kier alpha value is -3.07. The number of carboxylic acid groups (broad SMARTS) is 1. The molecule has 9 nitrogen and oxygen atoms in total. The fourth-order valence-corrected chi connectivity index (χ4v) is 4.29. The first-order valence-electron chi connectivity index (χ1n) is 12.2. The largest absolute Gasteiger partial charge is 0.481 e. The third kappa shape index (κ3) is 7.76. The van der Waals surface area contributed by atoms with Gasteiger partial charge in [-0.3, -0.25) is 9.59 Å². The van der Waals surface area contributed by atoms with Gasteiger partial charge in [-0.2, -0.15) is 0 Å². The van der Waals surface area contributed by atoms with Crippen LogP contribution in [0.1, 0.15) is 62.5 Å². The number of aliphatic carboxylic acids is 1. The highest BCUT2D eigenvalue weighted by Gasteiger charge is 2.36. The van der Waals surface area contributed by atoms with Crippen molar-refractivity contribution in [3.05, 3.63) is 47.7 Å². The Kier molecular flexibility index (Phi) is 9.75. The van der Waals surface area contributed by atoms with Gasteiger partial charge in [0.05, 0.1) is 11.7 Å². The Balaban J connectivity index is 0.000000396.